The molecule has 53 heavy (non-hydrogen) atoms. The zero-order valence-corrected chi connectivity index (χ0v) is 32.8. The molecule has 7 rings (SSSR count). The van der Waals surface area contributed by atoms with Crippen molar-refractivity contribution in [1.29, 1.82) is 5.26 Å². The number of rotatable bonds is 16. The molecule has 0 radical (unpaired) electrons. The number of ether oxygens (including phenoxy) is 2. The van der Waals surface area contributed by atoms with Gasteiger partial charge in [0.25, 0.3) is 0 Å². The second-order valence-electron chi connectivity index (χ2n) is 13.7. The van der Waals surface area contributed by atoms with Crippen LogP contribution in [0.25, 0.3) is 33.2 Å². The molecule has 12 heteroatoms. The quantitative estimate of drug-likeness (QED) is 0.0867. The van der Waals surface area contributed by atoms with Crippen LogP contribution in [0.3, 0.4) is 0 Å². The van der Waals surface area contributed by atoms with E-state index in [2.05, 4.69) is 90.9 Å². The number of halogens is 1. The molecule has 2 saturated heterocycles. The molecular weight excluding hydrogens is 722 g/mol. The highest BCUT2D eigenvalue weighted by Gasteiger charge is 2.16. The number of anilines is 2. The zero-order valence-electron chi connectivity index (χ0n) is 30.4. The Morgan fingerprint density at radius 2 is 1.38 bits per heavy atom. The summed E-state index contributed by atoms with van der Waals surface area (Å²) in [7, 11) is 0. The summed E-state index contributed by atoms with van der Waals surface area (Å²) in [4.78, 5) is 12.2. The minimum Gasteiger partial charge on any atom is -0.379 e. The Morgan fingerprint density at radius 1 is 0.774 bits per heavy atom. The average molecular weight is 770 g/mol. The third-order valence-electron chi connectivity index (χ3n) is 9.96. The number of nitrogens with one attached hydrogen (secondary N) is 3. The molecule has 9 nitrogen and oxygen atoms in total. The Hall–Kier alpha value is -3.41. The lowest BCUT2D eigenvalue weighted by molar-refractivity contribution is 0.0374. The van der Waals surface area contributed by atoms with Gasteiger partial charge in [-0.3, -0.25) is 14.8 Å². The molecule has 5 heterocycles. The van der Waals surface area contributed by atoms with E-state index in [1.54, 1.807) is 28.9 Å². The lowest BCUT2D eigenvalue weighted by Crippen LogP contribution is -2.37. The number of pyridine rings is 1. The molecule has 2 aliphatic rings. The maximum atomic E-state index is 10.1. The number of thiophene rings is 2. The number of hydrogen-bond donors (Lipinski definition) is 3. The van der Waals surface area contributed by atoms with Gasteiger partial charge < -0.3 is 25.4 Å². The van der Waals surface area contributed by atoms with Gasteiger partial charge >= 0.3 is 0 Å². The molecule has 0 atom stereocenters. The van der Waals surface area contributed by atoms with Gasteiger partial charge in [0.05, 0.1) is 53.9 Å². The van der Waals surface area contributed by atoms with Gasteiger partial charge in [-0.25, -0.2) is 0 Å². The fourth-order valence-electron chi connectivity index (χ4n) is 6.96. The molecule has 2 aromatic carbocycles. The lowest BCUT2D eigenvalue weighted by atomic mass is 10.0. The van der Waals surface area contributed by atoms with Gasteiger partial charge in [-0.15, -0.1) is 22.7 Å². The van der Waals surface area contributed by atoms with Gasteiger partial charge in [0.15, 0.2) is 0 Å². The zero-order chi connectivity index (χ0) is 36.4. The predicted octanol–water partition coefficient (Wildman–Crippen LogP) is 7.89. The van der Waals surface area contributed by atoms with Gasteiger partial charge in [-0.05, 0) is 115 Å². The standard InChI is InChI=1S/C41H48ClN7O2S2/c1-29-18-31(33-20-36(53-28-33)26-45-7-3-9-49-12-16-51-17-13-49)21-38(42)40(29)47-41-34(23-43)24-46-39-22-30(4-5-37(39)41)32-19-35(52-27-32)25-44-6-2-8-48-10-14-50-15-11-48/h4-5,18-22,24,27-28,44-45H,2-3,6-17,25-26H2,1H3,(H,46,47). The van der Waals surface area contributed by atoms with E-state index >= 15 is 0 Å². The molecule has 0 saturated carbocycles. The van der Waals surface area contributed by atoms with E-state index in [4.69, 9.17) is 21.1 Å². The van der Waals surface area contributed by atoms with Gasteiger partial charge in [-0.2, -0.15) is 5.26 Å². The molecule has 0 unspecified atom stereocenters. The maximum Gasteiger partial charge on any atom is 0.103 e. The fourth-order valence-corrected chi connectivity index (χ4v) is 9.00. The molecule has 278 valence electrons. The Labute approximate surface area is 325 Å². The summed E-state index contributed by atoms with van der Waals surface area (Å²) >= 11 is 10.5. The van der Waals surface area contributed by atoms with E-state index in [-0.39, 0.29) is 0 Å². The average Bonchev–Trinajstić information content (AvgIpc) is 3.87. The predicted molar refractivity (Wildman–Crippen MR) is 220 cm³/mol. The van der Waals surface area contributed by atoms with Crippen LogP contribution in [0.2, 0.25) is 5.02 Å². The van der Waals surface area contributed by atoms with Crippen LogP contribution in [-0.4, -0.2) is 93.6 Å². The number of morpholine rings is 2. The van der Waals surface area contributed by atoms with E-state index in [1.807, 2.05) is 6.07 Å². The highest BCUT2D eigenvalue weighted by atomic mass is 35.5. The first kappa shape index (κ1) is 37.9. The van der Waals surface area contributed by atoms with Crippen LogP contribution in [0.5, 0.6) is 0 Å². The molecule has 2 aliphatic heterocycles. The second kappa shape index (κ2) is 18.8. The first-order valence-electron chi connectivity index (χ1n) is 18.6. The summed E-state index contributed by atoms with van der Waals surface area (Å²) in [6.07, 6.45) is 3.91. The third kappa shape index (κ3) is 10.0. The van der Waals surface area contributed by atoms with Crippen LogP contribution in [-0.2, 0) is 22.6 Å². The van der Waals surface area contributed by atoms with Crippen LogP contribution >= 0.6 is 34.3 Å². The van der Waals surface area contributed by atoms with E-state index in [1.165, 1.54) is 15.3 Å². The SMILES string of the molecule is Cc1cc(-c2csc(CNCCCN3CCOCC3)c2)cc(Cl)c1Nc1c(C#N)cnc2cc(-c3csc(CNCCCN4CCOCC4)c3)ccc12. The summed E-state index contributed by atoms with van der Waals surface area (Å²) in [6, 6.07) is 17.3. The first-order chi connectivity index (χ1) is 26.0. The molecule has 0 spiro atoms. The summed E-state index contributed by atoms with van der Waals surface area (Å²) in [6.45, 7) is 15.5. The van der Waals surface area contributed by atoms with Crippen LogP contribution in [0.1, 0.15) is 33.7 Å². The van der Waals surface area contributed by atoms with E-state index in [0.717, 1.165) is 144 Å². The Morgan fingerprint density at radius 3 is 1.96 bits per heavy atom. The van der Waals surface area contributed by atoms with Crippen molar-refractivity contribution in [2.24, 2.45) is 0 Å². The highest BCUT2D eigenvalue weighted by molar-refractivity contribution is 7.10. The molecule has 3 N–H and O–H groups in total. The largest absolute Gasteiger partial charge is 0.379 e. The van der Waals surface area contributed by atoms with Crippen molar-refractivity contribution in [3.8, 4) is 28.3 Å². The number of nitrogens with zero attached hydrogens (tertiary/aromatic N) is 4. The van der Waals surface area contributed by atoms with Gasteiger partial charge in [0.1, 0.15) is 6.07 Å². The van der Waals surface area contributed by atoms with Crippen LogP contribution in [0, 0.1) is 18.3 Å². The third-order valence-corrected chi connectivity index (χ3v) is 12.1. The molecule has 2 fully saturated rings. The monoisotopic (exact) mass is 769 g/mol. The highest BCUT2D eigenvalue weighted by Crippen LogP contribution is 2.39. The summed E-state index contributed by atoms with van der Waals surface area (Å²) < 4.78 is 10.9. The summed E-state index contributed by atoms with van der Waals surface area (Å²) in [5.41, 5.74) is 8.33. The van der Waals surface area contributed by atoms with E-state index in [9.17, 15) is 5.26 Å². The minimum atomic E-state index is 0.474. The van der Waals surface area contributed by atoms with Gasteiger partial charge in [-0.1, -0.05) is 23.7 Å². The Kier molecular flexibility index (Phi) is 13.4. The molecule has 0 aliphatic carbocycles. The van der Waals surface area contributed by atoms with E-state index < -0.39 is 0 Å². The topological polar surface area (TPSA) is 97.7 Å². The van der Waals surface area contributed by atoms with Crippen LogP contribution in [0.4, 0.5) is 11.4 Å². The van der Waals surface area contributed by atoms with Crippen molar-refractivity contribution in [2.75, 3.05) is 84.1 Å². The smallest absolute Gasteiger partial charge is 0.103 e. The molecule has 0 bridgehead atoms. The minimum absolute atomic E-state index is 0.474. The van der Waals surface area contributed by atoms with E-state index in [0.29, 0.717) is 16.3 Å². The number of hydrogen-bond acceptors (Lipinski definition) is 11. The van der Waals surface area contributed by atoms with Crippen LogP contribution in [0.15, 0.2) is 59.4 Å². The fraction of sp³-hybridized carbons (Fsp3) is 0.415. The normalized spacial score (nSPS) is 15.6. The molecular formula is C41H48ClN7O2S2. The number of aromatic nitrogens is 1. The maximum absolute atomic E-state index is 10.1. The van der Waals surface area contributed by atoms with Gasteiger partial charge in [0, 0.05) is 60.6 Å². The number of fused-ring (bicyclic) bond motifs is 1. The first-order valence-corrected chi connectivity index (χ1v) is 20.7. The van der Waals surface area contributed by atoms with Crippen molar-refractivity contribution in [3.05, 3.63) is 85.3 Å². The molecule has 5 aromatic rings. The van der Waals surface area contributed by atoms with Crippen molar-refractivity contribution in [2.45, 2.75) is 32.9 Å². The van der Waals surface area contributed by atoms with Crippen molar-refractivity contribution >= 4 is 56.6 Å². The van der Waals surface area contributed by atoms with Crippen LogP contribution < -0.4 is 16.0 Å². The van der Waals surface area contributed by atoms with Gasteiger partial charge in [0.2, 0.25) is 0 Å². The lowest BCUT2D eigenvalue weighted by Gasteiger charge is -2.26. The number of aryl methyl sites for hydroxylation is 1. The van der Waals surface area contributed by atoms with Crippen molar-refractivity contribution < 1.29 is 9.47 Å². The summed E-state index contributed by atoms with van der Waals surface area (Å²) in [5, 5.41) is 26.7. The van der Waals surface area contributed by atoms with Crippen molar-refractivity contribution in [1.82, 2.24) is 25.4 Å². The number of benzene rings is 2. The Bertz CT molecular complexity index is 1990. The molecule has 0 amide bonds. The van der Waals surface area contributed by atoms with Crippen molar-refractivity contribution in [3.63, 3.8) is 0 Å². The number of nitriles is 1. The Balaban J connectivity index is 0.973. The summed E-state index contributed by atoms with van der Waals surface area (Å²) in [5.74, 6) is 0. The second-order valence-corrected chi connectivity index (χ2v) is 16.1. The molecule has 3 aromatic heterocycles.